The van der Waals surface area contributed by atoms with Gasteiger partial charge in [0.05, 0.1) is 52.9 Å². The van der Waals surface area contributed by atoms with E-state index in [2.05, 4.69) is 30.9 Å². The predicted molar refractivity (Wildman–Crippen MR) is 131 cm³/mol. The van der Waals surface area contributed by atoms with Crippen molar-refractivity contribution >= 4 is 35.4 Å². The summed E-state index contributed by atoms with van der Waals surface area (Å²) in [5, 5.41) is 15.7. The molecule has 2 aliphatic rings. The Morgan fingerprint density at radius 2 is 1.89 bits per heavy atom. The van der Waals surface area contributed by atoms with Gasteiger partial charge in [-0.15, -0.1) is 0 Å². The second-order valence-corrected chi connectivity index (χ2v) is 7.99. The van der Waals surface area contributed by atoms with Crippen LogP contribution >= 0.6 is 0 Å². The summed E-state index contributed by atoms with van der Waals surface area (Å²) in [6.07, 6.45) is 4.69. The molecule has 172 valence electrons. The number of pyridine rings is 1. The first-order valence-corrected chi connectivity index (χ1v) is 10.7. The molecule has 1 unspecified atom stereocenters. The van der Waals surface area contributed by atoms with Gasteiger partial charge in [-0.1, -0.05) is 16.5 Å². The van der Waals surface area contributed by atoms with Gasteiger partial charge >= 0.3 is 0 Å². The smallest absolute Gasteiger partial charge is 0.251 e. The Bertz CT molecular complexity index is 1190. The third-order valence-corrected chi connectivity index (χ3v) is 5.18. The number of aromatic nitrogens is 4. The molecule has 3 aromatic heterocycles. The molecule has 6 radical (unpaired) electrons. The molecule has 1 amide bonds. The molecule has 14 heteroatoms. The number of nitrogens with zero attached hydrogens (tertiary/aromatic N) is 6. The maximum absolute atomic E-state index is 10.6. The zero-order valence-electron chi connectivity index (χ0n) is 19.0. The van der Waals surface area contributed by atoms with Gasteiger partial charge in [0.15, 0.2) is 0 Å². The Labute approximate surface area is 206 Å². The molecule has 0 saturated carbocycles. The minimum Gasteiger partial charge on any atom is -0.383 e. The second-order valence-electron chi connectivity index (χ2n) is 7.99. The number of likely N-dealkylation sites (N-methyl/N-ethyl adjacent to an activating group) is 1. The van der Waals surface area contributed by atoms with Crippen molar-refractivity contribution in [3.8, 4) is 22.8 Å². The molecule has 0 bridgehead atoms. The molecule has 2 aliphatic heterocycles. The predicted octanol–water partition coefficient (Wildman–Crippen LogP) is -0.407. The number of hydrogen-bond donors (Lipinski definition) is 3. The highest BCUT2D eigenvalue weighted by Crippen LogP contribution is 2.21. The minimum atomic E-state index is -1.50. The van der Waals surface area contributed by atoms with Gasteiger partial charge < -0.3 is 24.9 Å². The van der Waals surface area contributed by atoms with Crippen LogP contribution in [-0.4, -0.2) is 96.0 Å². The number of aliphatic hydroxyl groups excluding tert-OH is 1. The number of anilines is 1. The van der Waals surface area contributed by atoms with Gasteiger partial charge in [0, 0.05) is 32.1 Å². The molecule has 3 N–H and O–H groups in total. The quantitative estimate of drug-likeness (QED) is 0.427. The van der Waals surface area contributed by atoms with Crippen LogP contribution in [0.4, 0.5) is 5.95 Å². The monoisotopic (exact) mass is 466 g/mol. The first-order valence-electron chi connectivity index (χ1n) is 10.7. The fourth-order valence-electron chi connectivity index (χ4n) is 3.32. The number of carbonyl (C=O) groups excluding carboxylic acids is 1. The Morgan fingerprint density at radius 1 is 1.14 bits per heavy atom. The highest BCUT2D eigenvalue weighted by molar-refractivity contribution is 6.59. The molecule has 1 atom stereocenters. The van der Waals surface area contributed by atoms with Crippen molar-refractivity contribution in [2.75, 3.05) is 25.5 Å². The number of rotatable bonds is 5. The van der Waals surface area contributed by atoms with Crippen LogP contribution in [0.1, 0.15) is 6.42 Å². The number of hydrogen-bond acceptors (Lipinski definition) is 10. The van der Waals surface area contributed by atoms with Gasteiger partial charge in [-0.2, -0.15) is 0 Å². The number of amides is 1. The van der Waals surface area contributed by atoms with Crippen LogP contribution in [0.15, 0.2) is 59.2 Å². The topological polar surface area (TPSA) is 133 Å². The van der Waals surface area contributed by atoms with Crippen LogP contribution in [0, 0.1) is 0 Å². The van der Waals surface area contributed by atoms with Crippen molar-refractivity contribution in [3.05, 3.63) is 54.7 Å². The highest BCUT2D eigenvalue weighted by atomic mass is 16.5. The normalized spacial score (nSPS) is 17.7. The first kappa shape index (κ1) is 24.5. The summed E-state index contributed by atoms with van der Waals surface area (Å²) in [6.45, 7) is 1.15. The van der Waals surface area contributed by atoms with E-state index in [1.165, 1.54) is 16.2 Å². The number of likely N-dealkylation sites (tertiary alicyclic amines) is 1. The average molecular weight is 466 g/mol. The van der Waals surface area contributed by atoms with Gasteiger partial charge in [-0.25, -0.2) is 20.4 Å². The van der Waals surface area contributed by atoms with E-state index in [0.717, 1.165) is 5.70 Å². The van der Waals surface area contributed by atoms with Crippen LogP contribution < -0.4 is 10.7 Å². The molecule has 11 nitrogen and oxygen atoms in total. The van der Waals surface area contributed by atoms with Crippen molar-refractivity contribution in [1.29, 1.82) is 0 Å². The van der Waals surface area contributed by atoms with E-state index in [1.54, 1.807) is 31.6 Å². The molecule has 35 heavy (non-hydrogen) atoms. The number of aliphatic hydroxyl groups is 1. The van der Waals surface area contributed by atoms with Crippen molar-refractivity contribution < 1.29 is 14.4 Å². The lowest BCUT2D eigenvalue weighted by molar-refractivity contribution is -0.133. The Morgan fingerprint density at radius 3 is 2.46 bits per heavy atom. The maximum atomic E-state index is 10.6. The minimum absolute atomic E-state index is 0.148. The molecular formula is C21H21B3N8O3. The van der Waals surface area contributed by atoms with Crippen molar-refractivity contribution in [3.63, 3.8) is 0 Å². The number of nitrogens with one attached hydrogen (secondary N) is 2. The summed E-state index contributed by atoms with van der Waals surface area (Å²) < 4.78 is 4.87. The lowest BCUT2D eigenvalue weighted by Crippen LogP contribution is -2.52. The average Bonchev–Trinajstić information content (AvgIpc) is 3.60. The van der Waals surface area contributed by atoms with E-state index in [-0.39, 0.29) is 5.91 Å². The van der Waals surface area contributed by atoms with Gasteiger partial charge in [0.2, 0.25) is 5.95 Å². The molecule has 1 fully saturated rings. The van der Waals surface area contributed by atoms with Crippen LogP contribution in [0.5, 0.6) is 0 Å². The zero-order chi connectivity index (χ0) is 25.0. The summed E-state index contributed by atoms with van der Waals surface area (Å²) in [4.78, 5) is 25.4. The molecule has 5 heterocycles. The van der Waals surface area contributed by atoms with Gasteiger partial charge in [-0.3, -0.25) is 4.79 Å². The third-order valence-electron chi connectivity index (χ3n) is 5.18. The highest BCUT2D eigenvalue weighted by Gasteiger charge is 2.26. The SMILES string of the molecule is CN1CCC(O)C1=O.[B]C([B])([B])N1C=C(Nc2nccc(-c3cccc(-c4ccon4)n3)n2)CN1. The van der Waals surface area contributed by atoms with Crippen LogP contribution in [0.2, 0.25) is 0 Å². The van der Waals surface area contributed by atoms with E-state index < -0.39 is 11.3 Å². The second kappa shape index (κ2) is 10.3. The van der Waals surface area contributed by atoms with Gasteiger partial charge in [-0.05, 0) is 24.6 Å². The molecule has 0 aliphatic carbocycles. The van der Waals surface area contributed by atoms with E-state index in [1.807, 2.05) is 18.2 Å². The Balaban J connectivity index is 0.000000308. The van der Waals surface area contributed by atoms with E-state index >= 15 is 0 Å². The summed E-state index contributed by atoms with van der Waals surface area (Å²) in [5.74, 6) is 0.262. The largest absolute Gasteiger partial charge is 0.383 e. The lowest BCUT2D eigenvalue weighted by Gasteiger charge is -2.33. The standard InChI is InChI=1S/C16H12B3N7O.C5H9NO2/c17-16(18,19)26-9-10(8-21-26)22-15-20-6-4-13(24-15)11-2-1-3-12(23-11)14-5-7-27-25-14;1-6-3-2-4(7)5(6)8/h1-7,9,21H,8H2,(H,20,22,24);4,7H,2-3H2,1H3. The van der Waals surface area contributed by atoms with Crippen molar-refractivity contribution in [1.82, 2.24) is 35.4 Å². The summed E-state index contributed by atoms with van der Waals surface area (Å²) >= 11 is 0. The Kier molecular flexibility index (Phi) is 7.22. The van der Waals surface area contributed by atoms with Gasteiger partial charge in [0.25, 0.3) is 5.91 Å². The van der Waals surface area contributed by atoms with E-state index in [9.17, 15) is 4.79 Å². The number of hydrazine groups is 1. The molecule has 3 aromatic rings. The third kappa shape index (κ3) is 6.08. The molecule has 1 saturated heterocycles. The summed E-state index contributed by atoms with van der Waals surface area (Å²) in [5.41, 5.74) is 6.41. The maximum Gasteiger partial charge on any atom is 0.251 e. The fourth-order valence-corrected chi connectivity index (χ4v) is 3.32. The first-order chi connectivity index (χ1) is 16.7. The van der Waals surface area contributed by atoms with Crippen molar-refractivity contribution in [2.45, 2.75) is 17.8 Å². The van der Waals surface area contributed by atoms with Crippen LogP contribution in [0.25, 0.3) is 22.8 Å². The summed E-state index contributed by atoms with van der Waals surface area (Å²) in [7, 11) is 18.6. The molecular weight excluding hydrogens is 445 g/mol. The zero-order valence-corrected chi connectivity index (χ0v) is 19.0. The lowest BCUT2D eigenvalue weighted by atomic mass is 9.49. The van der Waals surface area contributed by atoms with Crippen molar-refractivity contribution in [2.24, 2.45) is 0 Å². The molecule has 0 spiro atoms. The Hall–Kier alpha value is -3.64. The van der Waals surface area contributed by atoms with Crippen LogP contribution in [0.3, 0.4) is 0 Å². The fraction of sp³-hybridized carbons (Fsp3) is 0.286. The molecule has 0 aromatic carbocycles. The van der Waals surface area contributed by atoms with Crippen LogP contribution in [-0.2, 0) is 4.79 Å². The summed E-state index contributed by atoms with van der Waals surface area (Å²) in [6, 6.07) is 9.12. The van der Waals surface area contributed by atoms with E-state index in [4.69, 9.17) is 33.2 Å². The molecule has 5 rings (SSSR count). The van der Waals surface area contributed by atoms with Gasteiger partial charge in [0.1, 0.15) is 18.1 Å². The van der Waals surface area contributed by atoms with E-state index in [0.29, 0.717) is 48.2 Å². The number of carbonyl (C=O) groups is 1.